The highest BCUT2D eigenvalue weighted by molar-refractivity contribution is 7.20. The number of nitrogens with one attached hydrogen (secondary N) is 3. The van der Waals surface area contributed by atoms with Gasteiger partial charge in [-0.2, -0.15) is 5.10 Å². The Morgan fingerprint density at radius 1 is 1.09 bits per heavy atom. The van der Waals surface area contributed by atoms with E-state index in [1.807, 2.05) is 12.1 Å². The summed E-state index contributed by atoms with van der Waals surface area (Å²) in [7, 11) is 0. The summed E-state index contributed by atoms with van der Waals surface area (Å²) in [6, 6.07) is 15.4. The third-order valence-corrected chi connectivity index (χ3v) is 6.65. The zero-order chi connectivity index (χ0) is 23.5. The Bertz CT molecular complexity index is 1330. The first-order valence-corrected chi connectivity index (χ1v) is 11.6. The van der Waals surface area contributed by atoms with Crippen molar-refractivity contribution in [1.29, 1.82) is 0 Å². The molecule has 2 aromatic heterocycles. The first-order chi connectivity index (χ1) is 16.6. The van der Waals surface area contributed by atoms with E-state index in [4.69, 9.17) is 4.74 Å². The van der Waals surface area contributed by atoms with Crippen molar-refractivity contribution in [3.8, 4) is 0 Å². The standard InChI is InChI=1S/C24H22FN5O3S/c25-19-4-2-1-3-16(19)14-26-23(32)20-13-18-21(28-29-24(18)34-20)27-22(31)15-5-7-17(8-6-15)30-9-11-33-12-10-30/h1-8,13H,9-12,14H2,(H,26,32)(H2,27,28,29,31). The maximum Gasteiger partial charge on any atom is 0.261 e. The summed E-state index contributed by atoms with van der Waals surface area (Å²) in [4.78, 5) is 28.6. The number of hydrogen-bond donors (Lipinski definition) is 3. The van der Waals surface area contributed by atoms with Gasteiger partial charge in [-0.15, -0.1) is 11.3 Å². The van der Waals surface area contributed by atoms with Crippen molar-refractivity contribution in [3.63, 3.8) is 0 Å². The lowest BCUT2D eigenvalue weighted by Crippen LogP contribution is -2.36. The number of rotatable bonds is 6. The van der Waals surface area contributed by atoms with Crippen LogP contribution in [-0.2, 0) is 11.3 Å². The number of nitrogens with zero attached hydrogens (tertiary/aromatic N) is 2. The van der Waals surface area contributed by atoms with Gasteiger partial charge in [0.25, 0.3) is 11.8 Å². The third kappa shape index (κ3) is 4.63. The number of halogens is 1. The predicted molar refractivity (Wildman–Crippen MR) is 129 cm³/mol. The van der Waals surface area contributed by atoms with Crippen molar-refractivity contribution in [3.05, 3.63) is 76.4 Å². The highest BCUT2D eigenvalue weighted by Crippen LogP contribution is 2.29. The smallest absolute Gasteiger partial charge is 0.261 e. The molecule has 2 amide bonds. The van der Waals surface area contributed by atoms with E-state index >= 15 is 0 Å². The minimum absolute atomic E-state index is 0.0830. The number of amides is 2. The molecule has 4 aromatic rings. The minimum Gasteiger partial charge on any atom is -0.378 e. The molecule has 0 atom stereocenters. The van der Waals surface area contributed by atoms with E-state index in [1.54, 1.807) is 36.4 Å². The first-order valence-electron chi connectivity index (χ1n) is 10.8. The number of morpholine rings is 1. The molecular weight excluding hydrogens is 457 g/mol. The van der Waals surface area contributed by atoms with Crippen molar-refractivity contribution in [2.24, 2.45) is 0 Å². The monoisotopic (exact) mass is 479 g/mol. The van der Waals surface area contributed by atoms with Crippen molar-refractivity contribution in [1.82, 2.24) is 15.5 Å². The zero-order valence-corrected chi connectivity index (χ0v) is 19.0. The quantitative estimate of drug-likeness (QED) is 0.391. The number of ether oxygens (including phenoxy) is 1. The van der Waals surface area contributed by atoms with E-state index in [2.05, 4.69) is 25.7 Å². The van der Waals surface area contributed by atoms with E-state index in [1.165, 1.54) is 17.4 Å². The van der Waals surface area contributed by atoms with Gasteiger partial charge in [0.15, 0.2) is 5.82 Å². The number of aromatic nitrogens is 2. The van der Waals surface area contributed by atoms with Gasteiger partial charge in [0, 0.05) is 36.4 Å². The second kappa shape index (κ2) is 9.62. The van der Waals surface area contributed by atoms with Gasteiger partial charge in [-0.05, 0) is 36.4 Å². The number of anilines is 2. The molecular formula is C24H22FN5O3S. The maximum absolute atomic E-state index is 13.8. The van der Waals surface area contributed by atoms with E-state index in [0.717, 1.165) is 18.8 Å². The topological polar surface area (TPSA) is 99.3 Å². The second-order valence-electron chi connectivity index (χ2n) is 7.80. The summed E-state index contributed by atoms with van der Waals surface area (Å²) in [5.41, 5.74) is 1.96. The molecule has 1 fully saturated rings. The normalized spacial score (nSPS) is 13.7. The summed E-state index contributed by atoms with van der Waals surface area (Å²) in [6.07, 6.45) is 0. The number of carbonyl (C=O) groups is 2. The van der Waals surface area contributed by atoms with Gasteiger partial charge in [0.1, 0.15) is 10.6 Å². The molecule has 10 heteroatoms. The van der Waals surface area contributed by atoms with Crippen LogP contribution in [0.25, 0.3) is 10.2 Å². The van der Waals surface area contributed by atoms with Gasteiger partial charge in [-0.1, -0.05) is 18.2 Å². The number of carbonyl (C=O) groups excluding carboxylic acids is 2. The van der Waals surface area contributed by atoms with Gasteiger partial charge in [0.2, 0.25) is 0 Å². The van der Waals surface area contributed by atoms with Crippen LogP contribution in [0, 0.1) is 5.82 Å². The SMILES string of the molecule is O=C(Nc1n[nH]c2sc(C(=O)NCc3ccccc3F)cc12)c1ccc(N2CCOCC2)cc1. The molecule has 0 aliphatic carbocycles. The number of benzene rings is 2. The fraction of sp³-hybridized carbons (Fsp3) is 0.208. The summed E-state index contributed by atoms with van der Waals surface area (Å²) in [5, 5.41) is 13.2. The Morgan fingerprint density at radius 2 is 1.85 bits per heavy atom. The largest absolute Gasteiger partial charge is 0.378 e. The molecule has 2 aromatic carbocycles. The molecule has 174 valence electrons. The lowest BCUT2D eigenvalue weighted by atomic mass is 10.1. The van der Waals surface area contributed by atoms with Crippen LogP contribution in [0.2, 0.25) is 0 Å². The number of fused-ring (bicyclic) bond motifs is 1. The van der Waals surface area contributed by atoms with Gasteiger partial charge in [-0.25, -0.2) is 4.39 Å². The highest BCUT2D eigenvalue weighted by atomic mass is 32.1. The summed E-state index contributed by atoms with van der Waals surface area (Å²) in [5.74, 6) is -0.637. The number of H-pyrrole nitrogens is 1. The van der Waals surface area contributed by atoms with Crippen LogP contribution < -0.4 is 15.5 Å². The lowest BCUT2D eigenvalue weighted by molar-refractivity contribution is 0.0954. The van der Waals surface area contributed by atoms with Crippen LogP contribution in [0.15, 0.2) is 54.6 Å². The summed E-state index contributed by atoms with van der Waals surface area (Å²) in [6.45, 7) is 3.12. The Kier molecular flexibility index (Phi) is 6.24. The molecule has 0 spiro atoms. The molecule has 0 unspecified atom stereocenters. The van der Waals surface area contributed by atoms with Crippen LogP contribution in [0.3, 0.4) is 0 Å². The fourth-order valence-corrected chi connectivity index (χ4v) is 4.67. The molecule has 3 N–H and O–H groups in total. The van der Waals surface area contributed by atoms with E-state index in [-0.39, 0.29) is 24.2 Å². The van der Waals surface area contributed by atoms with Gasteiger partial charge >= 0.3 is 0 Å². The lowest BCUT2D eigenvalue weighted by Gasteiger charge is -2.28. The van der Waals surface area contributed by atoms with E-state index < -0.39 is 0 Å². The van der Waals surface area contributed by atoms with Crippen LogP contribution in [0.5, 0.6) is 0 Å². The molecule has 0 saturated carbocycles. The third-order valence-electron chi connectivity index (χ3n) is 5.62. The molecule has 5 rings (SSSR count). The number of thiophene rings is 1. The van der Waals surface area contributed by atoms with Crippen molar-refractivity contribution < 1.29 is 18.7 Å². The minimum atomic E-state index is -0.367. The second-order valence-corrected chi connectivity index (χ2v) is 8.85. The Labute approximate surface area is 198 Å². The van der Waals surface area contributed by atoms with Crippen LogP contribution in [0.4, 0.5) is 15.9 Å². The van der Waals surface area contributed by atoms with E-state index in [0.29, 0.717) is 45.3 Å². The first kappa shape index (κ1) is 22.1. The average Bonchev–Trinajstić information content (AvgIpc) is 3.46. The maximum atomic E-state index is 13.8. The van der Waals surface area contributed by atoms with Crippen LogP contribution >= 0.6 is 11.3 Å². The van der Waals surface area contributed by atoms with Crippen molar-refractivity contribution in [2.45, 2.75) is 6.54 Å². The Balaban J connectivity index is 1.25. The van der Waals surface area contributed by atoms with Gasteiger partial charge in [-0.3, -0.25) is 14.7 Å². The van der Waals surface area contributed by atoms with E-state index in [9.17, 15) is 14.0 Å². The summed E-state index contributed by atoms with van der Waals surface area (Å²) < 4.78 is 19.2. The summed E-state index contributed by atoms with van der Waals surface area (Å²) >= 11 is 1.22. The molecule has 8 nitrogen and oxygen atoms in total. The van der Waals surface area contributed by atoms with Gasteiger partial charge in [0.05, 0.1) is 23.5 Å². The molecule has 34 heavy (non-hydrogen) atoms. The molecule has 1 saturated heterocycles. The molecule has 3 heterocycles. The average molecular weight is 480 g/mol. The van der Waals surface area contributed by atoms with Gasteiger partial charge < -0.3 is 20.3 Å². The Hall–Kier alpha value is -3.76. The molecule has 0 radical (unpaired) electrons. The number of aromatic amines is 1. The van der Waals surface area contributed by atoms with Crippen molar-refractivity contribution >= 4 is 44.9 Å². The zero-order valence-electron chi connectivity index (χ0n) is 18.1. The van der Waals surface area contributed by atoms with Crippen LogP contribution in [-0.4, -0.2) is 48.3 Å². The highest BCUT2D eigenvalue weighted by Gasteiger charge is 2.18. The molecule has 0 bridgehead atoms. The van der Waals surface area contributed by atoms with Crippen LogP contribution in [0.1, 0.15) is 25.6 Å². The predicted octanol–water partition coefficient (Wildman–Crippen LogP) is 3.78. The van der Waals surface area contributed by atoms with Crippen molar-refractivity contribution in [2.75, 3.05) is 36.5 Å². The molecule has 1 aliphatic heterocycles. The number of hydrogen-bond acceptors (Lipinski definition) is 6. The fourth-order valence-electron chi connectivity index (χ4n) is 3.75. The molecule has 1 aliphatic rings. The Morgan fingerprint density at radius 3 is 2.62 bits per heavy atom.